The summed E-state index contributed by atoms with van der Waals surface area (Å²) in [6.45, 7) is 7.31. The minimum absolute atomic E-state index is 0.124. The van der Waals surface area contributed by atoms with E-state index in [1.165, 1.54) is 11.1 Å². The van der Waals surface area contributed by atoms with Gasteiger partial charge in [0.1, 0.15) is 0 Å². The van der Waals surface area contributed by atoms with Crippen LogP contribution in [0, 0.1) is 0 Å². The van der Waals surface area contributed by atoms with Crippen molar-refractivity contribution in [2.24, 2.45) is 5.73 Å². The molecule has 0 aromatic heterocycles. The predicted molar refractivity (Wildman–Crippen MR) is 68.6 cm³/mol. The van der Waals surface area contributed by atoms with Gasteiger partial charge >= 0.3 is 0 Å². The van der Waals surface area contributed by atoms with Gasteiger partial charge in [0.25, 0.3) is 0 Å². The molecule has 1 atom stereocenters. The van der Waals surface area contributed by atoms with Gasteiger partial charge < -0.3 is 10.5 Å². The molecule has 2 N–H and O–H groups in total. The maximum atomic E-state index is 5.56. The molecule has 0 aliphatic heterocycles. The van der Waals surface area contributed by atoms with Gasteiger partial charge in [0.2, 0.25) is 0 Å². The lowest BCUT2D eigenvalue weighted by atomic mass is 9.86. The fourth-order valence-corrected chi connectivity index (χ4v) is 1.77. The largest absolute Gasteiger partial charge is 0.377 e. The summed E-state index contributed by atoms with van der Waals surface area (Å²) in [6, 6.07) is 8.64. The van der Waals surface area contributed by atoms with Gasteiger partial charge in [-0.25, -0.2) is 0 Å². The molecule has 0 amide bonds. The van der Waals surface area contributed by atoms with Gasteiger partial charge in [-0.3, -0.25) is 0 Å². The Balaban J connectivity index is 2.85. The summed E-state index contributed by atoms with van der Waals surface area (Å²) < 4.78 is 5.42. The van der Waals surface area contributed by atoms with E-state index in [2.05, 4.69) is 45.0 Å². The Kier molecular flexibility index (Phi) is 4.51. The molecule has 2 nitrogen and oxygen atoms in total. The van der Waals surface area contributed by atoms with Gasteiger partial charge in [0, 0.05) is 7.11 Å². The lowest BCUT2D eigenvalue weighted by Crippen LogP contribution is -2.12. The third-order valence-corrected chi connectivity index (χ3v) is 2.86. The molecule has 0 bridgehead atoms. The molecule has 0 aliphatic rings. The lowest BCUT2D eigenvalue weighted by Gasteiger charge is -2.21. The molecular weight excluding hydrogens is 198 g/mol. The van der Waals surface area contributed by atoms with Gasteiger partial charge in [0.05, 0.1) is 6.10 Å². The van der Waals surface area contributed by atoms with Crippen LogP contribution in [0.5, 0.6) is 0 Å². The normalized spacial score (nSPS) is 13.8. The first-order valence-corrected chi connectivity index (χ1v) is 5.82. The van der Waals surface area contributed by atoms with Crippen LogP contribution >= 0.6 is 0 Å². The lowest BCUT2D eigenvalue weighted by molar-refractivity contribution is 0.0977. The second kappa shape index (κ2) is 5.46. The van der Waals surface area contributed by atoms with E-state index in [-0.39, 0.29) is 11.5 Å². The number of hydrogen-bond donors (Lipinski definition) is 1. The van der Waals surface area contributed by atoms with Crippen molar-refractivity contribution >= 4 is 0 Å². The zero-order valence-electron chi connectivity index (χ0n) is 10.8. The Morgan fingerprint density at radius 2 is 1.75 bits per heavy atom. The maximum absolute atomic E-state index is 5.56. The smallest absolute Gasteiger partial charge is 0.0833 e. The van der Waals surface area contributed by atoms with Gasteiger partial charge in [-0.1, -0.05) is 45.0 Å². The topological polar surface area (TPSA) is 35.2 Å². The third kappa shape index (κ3) is 3.32. The molecule has 0 aliphatic carbocycles. The number of nitrogens with two attached hydrogens (primary N) is 1. The maximum Gasteiger partial charge on any atom is 0.0833 e. The van der Waals surface area contributed by atoms with Gasteiger partial charge in [-0.2, -0.15) is 0 Å². The Morgan fingerprint density at radius 1 is 1.19 bits per heavy atom. The Hall–Kier alpha value is -0.860. The molecule has 2 heteroatoms. The quantitative estimate of drug-likeness (QED) is 0.848. The summed E-state index contributed by atoms with van der Waals surface area (Å²) in [5.41, 5.74) is 8.32. The molecular formula is C14H23NO. The molecule has 0 radical (unpaired) electrons. The van der Waals surface area contributed by atoms with Crippen molar-refractivity contribution in [3.8, 4) is 0 Å². The van der Waals surface area contributed by atoms with Crippen LogP contribution < -0.4 is 5.73 Å². The second-order valence-corrected chi connectivity index (χ2v) is 5.17. The Bertz CT molecular complexity index is 311. The fourth-order valence-electron chi connectivity index (χ4n) is 1.77. The zero-order chi connectivity index (χ0) is 12.2. The molecule has 0 heterocycles. The first kappa shape index (κ1) is 13.2. The summed E-state index contributed by atoms with van der Waals surface area (Å²) in [6.07, 6.45) is 0.991. The average Bonchev–Trinajstić information content (AvgIpc) is 2.25. The van der Waals surface area contributed by atoms with Crippen LogP contribution in [0.15, 0.2) is 24.3 Å². The van der Waals surface area contributed by atoms with Crippen molar-refractivity contribution in [3.63, 3.8) is 0 Å². The molecule has 1 aromatic carbocycles. The number of methoxy groups -OCH3 is 1. The molecule has 1 rings (SSSR count). The molecule has 90 valence electrons. The van der Waals surface area contributed by atoms with E-state index >= 15 is 0 Å². The summed E-state index contributed by atoms with van der Waals surface area (Å²) in [4.78, 5) is 0. The molecule has 1 unspecified atom stereocenters. The molecule has 0 spiro atoms. The van der Waals surface area contributed by atoms with E-state index in [1.54, 1.807) is 7.11 Å². The van der Waals surface area contributed by atoms with Crippen molar-refractivity contribution in [1.82, 2.24) is 0 Å². The molecule has 16 heavy (non-hydrogen) atoms. The standard InChI is InChI=1S/C14H23NO/c1-14(2,3)12-7-5-11(6-8-12)13(16-4)9-10-15/h5-8,13H,9-10,15H2,1-4H3. The van der Waals surface area contributed by atoms with E-state index in [0.29, 0.717) is 6.54 Å². The molecule has 1 aromatic rings. The van der Waals surface area contributed by atoms with Crippen LogP contribution in [-0.2, 0) is 10.2 Å². The summed E-state index contributed by atoms with van der Waals surface area (Å²) in [7, 11) is 1.73. The van der Waals surface area contributed by atoms with E-state index in [4.69, 9.17) is 10.5 Å². The average molecular weight is 221 g/mol. The van der Waals surface area contributed by atoms with Crippen LogP contribution in [0.3, 0.4) is 0 Å². The molecule has 0 saturated carbocycles. The van der Waals surface area contributed by atoms with Crippen LogP contribution in [0.25, 0.3) is 0 Å². The van der Waals surface area contributed by atoms with Crippen molar-refractivity contribution in [1.29, 1.82) is 0 Å². The predicted octanol–water partition coefficient (Wildman–Crippen LogP) is 3.02. The van der Waals surface area contributed by atoms with Crippen LogP contribution in [-0.4, -0.2) is 13.7 Å². The SMILES string of the molecule is COC(CCN)c1ccc(C(C)(C)C)cc1. The highest BCUT2D eigenvalue weighted by atomic mass is 16.5. The molecule has 0 saturated heterocycles. The highest BCUT2D eigenvalue weighted by molar-refractivity contribution is 5.28. The Morgan fingerprint density at radius 3 is 2.12 bits per heavy atom. The van der Waals surface area contributed by atoms with Crippen molar-refractivity contribution in [3.05, 3.63) is 35.4 Å². The summed E-state index contributed by atoms with van der Waals surface area (Å²) in [5.74, 6) is 0. The van der Waals surface area contributed by atoms with E-state index in [0.717, 1.165) is 6.42 Å². The zero-order valence-corrected chi connectivity index (χ0v) is 10.8. The fraction of sp³-hybridized carbons (Fsp3) is 0.571. The van der Waals surface area contributed by atoms with Crippen LogP contribution in [0.2, 0.25) is 0 Å². The number of hydrogen-bond acceptors (Lipinski definition) is 2. The number of rotatable bonds is 4. The second-order valence-electron chi connectivity index (χ2n) is 5.17. The highest BCUT2D eigenvalue weighted by Gasteiger charge is 2.14. The first-order chi connectivity index (χ1) is 7.49. The number of ether oxygens (including phenoxy) is 1. The van der Waals surface area contributed by atoms with Crippen LogP contribution in [0.1, 0.15) is 44.4 Å². The minimum atomic E-state index is 0.124. The summed E-state index contributed by atoms with van der Waals surface area (Å²) >= 11 is 0. The van der Waals surface area contributed by atoms with Crippen molar-refractivity contribution in [2.45, 2.75) is 38.7 Å². The minimum Gasteiger partial charge on any atom is -0.377 e. The van der Waals surface area contributed by atoms with Crippen LogP contribution in [0.4, 0.5) is 0 Å². The Labute approximate surface area is 98.8 Å². The summed E-state index contributed by atoms with van der Waals surface area (Å²) in [5, 5.41) is 0. The van der Waals surface area contributed by atoms with E-state index in [1.807, 2.05) is 0 Å². The van der Waals surface area contributed by atoms with E-state index < -0.39 is 0 Å². The highest BCUT2D eigenvalue weighted by Crippen LogP contribution is 2.25. The van der Waals surface area contributed by atoms with Gasteiger partial charge in [-0.05, 0) is 29.5 Å². The third-order valence-electron chi connectivity index (χ3n) is 2.86. The van der Waals surface area contributed by atoms with Gasteiger partial charge in [-0.15, -0.1) is 0 Å². The first-order valence-electron chi connectivity index (χ1n) is 5.82. The number of benzene rings is 1. The van der Waals surface area contributed by atoms with Gasteiger partial charge in [0.15, 0.2) is 0 Å². The molecule has 0 fully saturated rings. The van der Waals surface area contributed by atoms with E-state index in [9.17, 15) is 0 Å². The monoisotopic (exact) mass is 221 g/mol. The van der Waals surface area contributed by atoms with Crippen molar-refractivity contribution in [2.75, 3.05) is 13.7 Å². The van der Waals surface area contributed by atoms with Crippen molar-refractivity contribution < 1.29 is 4.74 Å².